The first kappa shape index (κ1) is 15.9. The molecular weight excluding hydrogens is 345 g/mol. The second-order valence-electron chi connectivity index (χ2n) is 5.35. The van der Waals surface area contributed by atoms with E-state index in [9.17, 15) is 0 Å². The van der Waals surface area contributed by atoms with Crippen molar-refractivity contribution in [3.8, 4) is 0 Å². The first-order valence-corrected chi connectivity index (χ1v) is 6.21. The normalized spacial score (nSPS) is 11.3. The average Bonchev–Trinajstić information content (AvgIpc) is 2.37. The molecule has 0 N–H and O–H groups in total. The van der Waals surface area contributed by atoms with E-state index in [0.717, 1.165) is 4.48 Å². The van der Waals surface area contributed by atoms with Gasteiger partial charge in [-0.3, -0.25) is 4.48 Å². The maximum Gasteiger partial charge on any atom is 0.132 e. The maximum atomic E-state index is 2.19. The van der Waals surface area contributed by atoms with Crippen LogP contribution in [-0.2, 0) is 0 Å². The van der Waals surface area contributed by atoms with Crippen LogP contribution in [0.4, 0.5) is 5.69 Å². The Bertz CT molecular complexity index is 521. The predicted octanol–water partition coefficient (Wildman–Crippen LogP) is 1.06. The van der Waals surface area contributed by atoms with Crippen LogP contribution >= 0.6 is 0 Å². The fourth-order valence-corrected chi connectivity index (χ4v) is 1.79. The summed E-state index contributed by atoms with van der Waals surface area (Å²) >= 11 is 0. The zero-order valence-electron chi connectivity index (χ0n) is 11.7. The quantitative estimate of drug-likeness (QED) is 0.434. The van der Waals surface area contributed by atoms with Crippen molar-refractivity contribution in [2.45, 2.75) is 0 Å². The van der Waals surface area contributed by atoms with Crippen molar-refractivity contribution in [1.29, 1.82) is 0 Å². The van der Waals surface area contributed by atoms with Gasteiger partial charge in [0, 0.05) is 0 Å². The van der Waals surface area contributed by atoms with Gasteiger partial charge in [0.05, 0.1) is 21.1 Å². The van der Waals surface area contributed by atoms with Crippen molar-refractivity contribution in [3.05, 3.63) is 65.7 Å². The van der Waals surface area contributed by atoms with Crippen LogP contribution in [0.25, 0.3) is 12.2 Å². The molecule has 0 aliphatic heterocycles. The van der Waals surface area contributed by atoms with E-state index in [-0.39, 0.29) is 24.0 Å². The zero-order valence-corrected chi connectivity index (χ0v) is 13.8. The number of hydrogen-bond acceptors (Lipinski definition) is 0. The van der Waals surface area contributed by atoms with Crippen molar-refractivity contribution in [3.63, 3.8) is 0 Å². The Morgan fingerprint density at radius 3 is 1.63 bits per heavy atom. The highest BCUT2D eigenvalue weighted by molar-refractivity contribution is 5.70. The monoisotopic (exact) mass is 365 g/mol. The summed E-state index contributed by atoms with van der Waals surface area (Å²) in [6.45, 7) is 0. The highest BCUT2D eigenvalue weighted by Gasteiger charge is 2.10. The molecule has 0 saturated heterocycles. The Morgan fingerprint density at radius 1 is 0.684 bits per heavy atom. The second-order valence-corrected chi connectivity index (χ2v) is 5.35. The summed E-state index contributed by atoms with van der Waals surface area (Å²) in [5.74, 6) is 0. The van der Waals surface area contributed by atoms with Crippen molar-refractivity contribution in [2.75, 3.05) is 21.1 Å². The predicted molar refractivity (Wildman–Crippen MR) is 81.4 cm³/mol. The highest BCUT2D eigenvalue weighted by atomic mass is 127. The number of halogens is 1. The minimum absolute atomic E-state index is 0. The molecule has 0 spiro atoms. The smallest absolute Gasteiger partial charge is 0.132 e. The topological polar surface area (TPSA) is 0 Å². The first-order chi connectivity index (χ1) is 8.55. The van der Waals surface area contributed by atoms with Crippen LogP contribution in [0, 0.1) is 0 Å². The van der Waals surface area contributed by atoms with E-state index in [2.05, 4.69) is 81.8 Å². The lowest BCUT2D eigenvalue weighted by Crippen LogP contribution is -3.00. The summed E-state index contributed by atoms with van der Waals surface area (Å²) in [5.41, 5.74) is 3.77. The van der Waals surface area contributed by atoms with Gasteiger partial charge in [-0.1, -0.05) is 42.5 Å². The van der Waals surface area contributed by atoms with Crippen LogP contribution in [0.1, 0.15) is 11.1 Å². The van der Waals surface area contributed by atoms with Crippen LogP contribution in [-0.4, -0.2) is 21.1 Å². The molecule has 0 atom stereocenters. The van der Waals surface area contributed by atoms with Crippen LogP contribution in [0.5, 0.6) is 0 Å². The SMILES string of the molecule is C[N+](C)(C)c1ccc(/C=C/c2ccccc2)cc1.[I-]. The molecule has 0 heterocycles. The molecule has 0 unspecified atom stereocenters. The van der Waals surface area contributed by atoms with Crippen LogP contribution in [0.15, 0.2) is 54.6 Å². The van der Waals surface area contributed by atoms with E-state index in [0.29, 0.717) is 0 Å². The van der Waals surface area contributed by atoms with Crippen molar-refractivity contribution >= 4 is 17.8 Å². The summed E-state index contributed by atoms with van der Waals surface area (Å²) < 4.78 is 0.850. The Labute approximate surface area is 133 Å². The minimum Gasteiger partial charge on any atom is -1.00 e. The Kier molecular flexibility index (Phi) is 5.76. The van der Waals surface area contributed by atoms with E-state index in [1.807, 2.05) is 6.07 Å². The van der Waals surface area contributed by atoms with Gasteiger partial charge in [-0.2, -0.15) is 0 Å². The van der Waals surface area contributed by atoms with Crippen LogP contribution < -0.4 is 28.5 Å². The lowest BCUT2D eigenvalue weighted by atomic mass is 10.1. The fraction of sp³-hybridized carbons (Fsp3) is 0.176. The summed E-state index contributed by atoms with van der Waals surface area (Å²) in [6.07, 6.45) is 4.29. The molecule has 2 rings (SSSR count). The number of rotatable bonds is 3. The summed E-state index contributed by atoms with van der Waals surface area (Å²) in [6, 6.07) is 19.1. The molecule has 100 valence electrons. The Hall–Kier alpha value is -1.13. The number of quaternary nitrogens is 1. The van der Waals surface area contributed by atoms with Crippen LogP contribution in [0.3, 0.4) is 0 Å². The first-order valence-electron chi connectivity index (χ1n) is 6.21. The van der Waals surface area contributed by atoms with Crippen LogP contribution in [0.2, 0.25) is 0 Å². The highest BCUT2D eigenvalue weighted by Crippen LogP contribution is 2.18. The second kappa shape index (κ2) is 6.87. The van der Waals surface area contributed by atoms with Gasteiger partial charge in [0.15, 0.2) is 0 Å². The van der Waals surface area contributed by atoms with E-state index < -0.39 is 0 Å². The molecule has 2 aromatic rings. The third-order valence-corrected chi connectivity index (χ3v) is 2.94. The van der Waals surface area contributed by atoms with Gasteiger partial charge in [-0.05, 0) is 35.4 Å². The molecule has 0 saturated carbocycles. The van der Waals surface area contributed by atoms with Gasteiger partial charge in [-0.25, -0.2) is 0 Å². The van der Waals surface area contributed by atoms with Crippen molar-refractivity contribution < 1.29 is 24.0 Å². The molecule has 0 amide bonds. The van der Waals surface area contributed by atoms with Gasteiger partial charge >= 0.3 is 0 Å². The average molecular weight is 365 g/mol. The lowest BCUT2D eigenvalue weighted by Gasteiger charge is -2.23. The largest absolute Gasteiger partial charge is 1.00 e. The van der Waals surface area contributed by atoms with E-state index in [1.54, 1.807) is 0 Å². The van der Waals surface area contributed by atoms with Crippen molar-refractivity contribution in [2.24, 2.45) is 0 Å². The molecule has 0 aliphatic carbocycles. The zero-order chi connectivity index (χ0) is 13.0. The Balaban J connectivity index is 0.00000180. The molecule has 19 heavy (non-hydrogen) atoms. The van der Waals surface area contributed by atoms with Gasteiger partial charge < -0.3 is 24.0 Å². The summed E-state index contributed by atoms with van der Waals surface area (Å²) in [5, 5.41) is 0. The summed E-state index contributed by atoms with van der Waals surface area (Å²) in [7, 11) is 6.53. The molecule has 0 radical (unpaired) electrons. The molecule has 0 aromatic heterocycles. The number of benzene rings is 2. The number of hydrogen-bond donors (Lipinski definition) is 0. The Morgan fingerprint density at radius 2 is 1.16 bits per heavy atom. The van der Waals surface area contributed by atoms with E-state index in [4.69, 9.17) is 0 Å². The maximum absolute atomic E-state index is 2.19. The lowest BCUT2D eigenvalue weighted by molar-refractivity contribution is -0.00000381. The molecule has 0 aliphatic rings. The van der Waals surface area contributed by atoms with E-state index in [1.165, 1.54) is 16.8 Å². The number of nitrogens with zero attached hydrogens (tertiary/aromatic N) is 1. The van der Waals surface area contributed by atoms with Gasteiger partial charge in [0.25, 0.3) is 0 Å². The molecule has 0 bridgehead atoms. The third kappa shape index (κ3) is 4.80. The molecule has 1 nitrogen and oxygen atoms in total. The van der Waals surface area contributed by atoms with E-state index >= 15 is 0 Å². The van der Waals surface area contributed by atoms with Gasteiger partial charge in [-0.15, -0.1) is 0 Å². The van der Waals surface area contributed by atoms with Crippen molar-refractivity contribution in [1.82, 2.24) is 4.48 Å². The van der Waals surface area contributed by atoms with Gasteiger partial charge in [0.1, 0.15) is 5.69 Å². The molecular formula is C17H20IN. The van der Waals surface area contributed by atoms with Gasteiger partial charge in [0.2, 0.25) is 0 Å². The minimum atomic E-state index is 0. The summed E-state index contributed by atoms with van der Waals surface area (Å²) in [4.78, 5) is 0. The molecule has 2 heteroatoms. The molecule has 2 aromatic carbocycles. The fourth-order valence-electron chi connectivity index (χ4n) is 1.79. The third-order valence-electron chi connectivity index (χ3n) is 2.94. The molecule has 0 fully saturated rings. The standard InChI is InChI=1S/C17H20N.HI/c1-18(2,3)17-13-11-16(12-14-17)10-9-15-7-5-4-6-8-15;/h4-14H,1-3H3;1H/q+1;/p-1/b10-9+;.